The molecule has 1 N–H and O–H groups in total. The van der Waals surface area contributed by atoms with Crippen LogP contribution >= 0.6 is 15.9 Å². The van der Waals surface area contributed by atoms with Crippen LogP contribution in [0.15, 0.2) is 51.5 Å². The zero-order valence-electron chi connectivity index (χ0n) is 14.9. The summed E-state index contributed by atoms with van der Waals surface area (Å²) in [5, 5.41) is 8.32. The van der Waals surface area contributed by atoms with Crippen molar-refractivity contribution < 1.29 is 18.8 Å². The highest BCUT2D eigenvalue weighted by Gasteiger charge is 2.15. The van der Waals surface area contributed by atoms with Gasteiger partial charge in [-0.2, -0.15) is 0 Å². The Morgan fingerprint density at radius 3 is 2.67 bits per heavy atom. The Morgan fingerprint density at radius 2 is 1.93 bits per heavy atom. The second kappa shape index (κ2) is 8.22. The number of benzene rings is 2. The van der Waals surface area contributed by atoms with Gasteiger partial charge in [-0.05, 0) is 42.0 Å². The summed E-state index contributed by atoms with van der Waals surface area (Å²) in [6, 6.07) is 13.1. The largest absolute Gasteiger partial charge is 0.484 e. The molecule has 0 aliphatic carbocycles. The maximum absolute atomic E-state index is 12.2. The number of amides is 2. The van der Waals surface area contributed by atoms with Gasteiger partial charge in [-0.25, -0.2) is 0 Å². The Hall–Kier alpha value is -2.87. The summed E-state index contributed by atoms with van der Waals surface area (Å²) in [5.74, 6) is 0.824. The molecule has 3 rings (SSSR count). The molecule has 3 aromatic rings. The van der Waals surface area contributed by atoms with Crippen molar-refractivity contribution in [1.82, 2.24) is 10.1 Å². The van der Waals surface area contributed by atoms with Crippen molar-refractivity contribution in [3.63, 3.8) is 0 Å². The van der Waals surface area contributed by atoms with Crippen LogP contribution in [-0.2, 0) is 9.59 Å². The number of hydrogen-bond acceptors (Lipinski definition) is 5. The molecule has 0 unspecified atom stereocenters. The summed E-state index contributed by atoms with van der Waals surface area (Å²) < 4.78 is 11.4. The fraction of sp³-hybridized carbons (Fsp3) is 0.211. The predicted molar refractivity (Wildman–Crippen MR) is 105 cm³/mol. The van der Waals surface area contributed by atoms with E-state index in [2.05, 4.69) is 26.4 Å². The highest BCUT2D eigenvalue weighted by molar-refractivity contribution is 9.10. The van der Waals surface area contributed by atoms with Gasteiger partial charge in [0.1, 0.15) is 11.5 Å². The quantitative estimate of drug-likeness (QED) is 0.646. The molecule has 7 nitrogen and oxygen atoms in total. The lowest BCUT2D eigenvalue weighted by Crippen LogP contribution is -2.37. The van der Waals surface area contributed by atoms with Crippen LogP contribution in [0.1, 0.15) is 5.76 Å². The highest BCUT2D eigenvalue weighted by Crippen LogP contribution is 2.24. The van der Waals surface area contributed by atoms with Gasteiger partial charge in [-0.3, -0.25) is 9.59 Å². The normalized spacial score (nSPS) is 10.6. The summed E-state index contributed by atoms with van der Waals surface area (Å²) in [4.78, 5) is 25.4. The van der Waals surface area contributed by atoms with E-state index >= 15 is 0 Å². The van der Waals surface area contributed by atoms with Gasteiger partial charge in [0.25, 0.3) is 5.91 Å². The molecule has 1 heterocycles. The number of aromatic nitrogens is 1. The average Bonchev–Trinajstić information content (AvgIpc) is 3.03. The molecule has 0 aliphatic heterocycles. The van der Waals surface area contributed by atoms with Crippen LogP contribution in [-0.4, -0.2) is 42.1 Å². The van der Waals surface area contributed by atoms with Crippen LogP contribution in [0.4, 0.5) is 5.82 Å². The van der Waals surface area contributed by atoms with Gasteiger partial charge in [0, 0.05) is 17.6 Å². The van der Waals surface area contributed by atoms with Gasteiger partial charge in [0.05, 0.1) is 6.54 Å². The van der Waals surface area contributed by atoms with Crippen LogP contribution in [0.5, 0.6) is 5.75 Å². The fourth-order valence-electron chi connectivity index (χ4n) is 2.45. The first kappa shape index (κ1) is 18.9. The summed E-state index contributed by atoms with van der Waals surface area (Å²) in [6.45, 7) is 1.45. The van der Waals surface area contributed by atoms with E-state index in [1.165, 1.54) is 11.9 Å². The average molecular weight is 432 g/mol. The minimum atomic E-state index is -0.365. The Balaban J connectivity index is 1.52. The Bertz CT molecular complexity index is 986. The first-order valence-corrected chi connectivity index (χ1v) is 8.99. The molecule has 2 aromatic carbocycles. The van der Waals surface area contributed by atoms with Gasteiger partial charge in [-0.15, -0.1) is 0 Å². The molecule has 27 heavy (non-hydrogen) atoms. The molecule has 0 bridgehead atoms. The van der Waals surface area contributed by atoms with E-state index < -0.39 is 0 Å². The number of carbonyl (C=O) groups excluding carboxylic acids is 2. The number of carbonyl (C=O) groups is 2. The standard InChI is InChI=1S/C19H18BrN3O4/c1-12-7-17(22-27-12)21-18(24)10-23(2)19(25)11-26-16-6-4-13-8-15(20)5-3-14(13)9-16/h3-9H,10-11H2,1-2H3,(H,21,22,24). The number of ether oxygens (including phenoxy) is 1. The van der Waals surface area contributed by atoms with Crippen molar-refractivity contribution in [2.45, 2.75) is 6.92 Å². The molecule has 0 spiro atoms. The van der Waals surface area contributed by atoms with Crippen molar-refractivity contribution in [2.24, 2.45) is 0 Å². The minimum absolute atomic E-state index is 0.111. The van der Waals surface area contributed by atoms with E-state index in [-0.39, 0.29) is 25.0 Å². The number of fused-ring (bicyclic) bond motifs is 1. The van der Waals surface area contributed by atoms with E-state index in [0.29, 0.717) is 17.3 Å². The maximum Gasteiger partial charge on any atom is 0.260 e. The molecule has 0 saturated heterocycles. The Labute approximate surface area is 164 Å². The molecule has 0 fully saturated rings. The van der Waals surface area contributed by atoms with E-state index in [4.69, 9.17) is 9.26 Å². The van der Waals surface area contributed by atoms with Crippen LogP contribution in [0.2, 0.25) is 0 Å². The minimum Gasteiger partial charge on any atom is -0.484 e. The SMILES string of the molecule is Cc1cc(NC(=O)CN(C)C(=O)COc2ccc3cc(Br)ccc3c2)no1. The van der Waals surface area contributed by atoms with Gasteiger partial charge >= 0.3 is 0 Å². The molecular formula is C19H18BrN3O4. The summed E-state index contributed by atoms with van der Waals surface area (Å²) >= 11 is 3.43. The van der Waals surface area contributed by atoms with Crippen molar-refractivity contribution >= 4 is 44.3 Å². The molecule has 1 aromatic heterocycles. The molecular weight excluding hydrogens is 414 g/mol. The zero-order valence-corrected chi connectivity index (χ0v) is 16.4. The first-order chi connectivity index (χ1) is 12.9. The zero-order chi connectivity index (χ0) is 19.4. The lowest BCUT2D eigenvalue weighted by atomic mass is 10.1. The van der Waals surface area contributed by atoms with Gasteiger partial charge < -0.3 is 19.5 Å². The third-order valence-corrected chi connectivity index (χ3v) is 4.33. The number of hydrogen-bond donors (Lipinski definition) is 1. The molecule has 0 aliphatic rings. The van der Waals surface area contributed by atoms with Crippen LogP contribution < -0.4 is 10.1 Å². The Kier molecular flexibility index (Phi) is 5.75. The monoisotopic (exact) mass is 431 g/mol. The number of nitrogens with zero attached hydrogens (tertiary/aromatic N) is 2. The Morgan fingerprint density at radius 1 is 1.19 bits per heavy atom. The smallest absolute Gasteiger partial charge is 0.260 e. The number of halogens is 1. The van der Waals surface area contributed by atoms with Crippen LogP contribution in [0.3, 0.4) is 0 Å². The number of nitrogens with one attached hydrogen (secondary N) is 1. The van der Waals surface area contributed by atoms with E-state index in [1.807, 2.05) is 36.4 Å². The van der Waals surface area contributed by atoms with Crippen molar-refractivity contribution in [3.05, 3.63) is 52.7 Å². The van der Waals surface area contributed by atoms with Crippen molar-refractivity contribution in [2.75, 3.05) is 25.5 Å². The number of rotatable bonds is 6. The topological polar surface area (TPSA) is 84.7 Å². The lowest BCUT2D eigenvalue weighted by molar-refractivity contribution is -0.135. The molecule has 8 heteroatoms. The number of likely N-dealkylation sites (N-methyl/N-ethyl adjacent to an activating group) is 1. The fourth-order valence-corrected chi connectivity index (χ4v) is 2.83. The molecule has 0 saturated carbocycles. The first-order valence-electron chi connectivity index (χ1n) is 8.20. The highest BCUT2D eigenvalue weighted by atomic mass is 79.9. The van der Waals surface area contributed by atoms with Gasteiger partial charge in [0.2, 0.25) is 5.91 Å². The van der Waals surface area contributed by atoms with Crippen molar-refractivity contribution in [1.29, 1.82) is 0 Å². The summed E-state index contributed by atoms with van der Waals surface area (Å²) in [5.41, 5.74) is 0. The maximum atomic E-state index is 12.2. The van der Waals surface area contributed by atoms with Gasteiger partial charge in [0.15, 0.2) is 12.4 Å². The van der Waals surface area contributed by atoms with Crippen LogP contribution in [0, 0.1) is 6.92 Å². The third-order valence-electron chi connectivity index (χ3n) is 3.84. The van der Waals surface area contributed by atoms with Crippen LogP contribution in [0.25, 0.3) is 10.8 Å². The predicted octanol–water partition coefficient (Wildman–Crippen LogP) is 3.37. The second-order valence-corrected chi connectivity index (χ2v) is 6.98. The summed E-state index contributed by atoms with van der Waals surface area (Å²) in [6.07, 6.45) is 0. The number of anilines is 1. The number of aryl methyl sites for hydroxylation is 1. The summed E-state index contributed by atoms with van der Waals surface area (Å²) in [7, 11) is 1.54. The molecule has 0 radical (unpaired) electrons. The van der Waals surface area contributed by atoms with E-state index in [9.17, 15) is 9.59 Å². The second-order valence-electron chi connectivity index (χ2n) is 6.06. The molecule has 140 valence electrons. The lowest BCUT2D eigenvalue weighted by Gasteiger charge is -2.16. The van der Waals surface area contributed by atoms with Crippen molar-refractivity contribution in [3.8, 4) is 5.75 Å². The van der Waals surface area contributed by atoms with Gasteiger partial charge in [-0.1, -0.05) is 33.2 Å². The van der Waals surface area contributed by atoms with E-state index in [1.54, 1.807) is 13.0 Å². The molecule has 2 amide bonds. The van der Waals surface area contributed by atoms with E-state index in [0.717, 1.165) is 15.2 Å². The molecule has 0 atom stereocenters. The third kappa shape index (κ3) is 5.07.